The molecule has 2 aliphatic rings. The Morgan fingerprint density at radius 1 is 1.16 bits per heavy atom. The Bertz CT molecular complexity index is 1120. The van der Waals surface area contributed by atoms with Crippen molar-refractivity contribution in [1.29, 1.82) is 0 Å². The predicted molar refractivity (Wildman–Crippen MR) is 123 cm³/mol. The summed E-state index contributed by atoms with van der Waals surface area (Å²) in [6, 6.07) is 14.2. The summed E-state index contributed by atoms with van der Waals surface area (Å²) in [5.74, 6) is -0.506. The Hall–Kier alpha value is -2.77. The minimum absolute atomic E-state index is 0.0751. The molecule has 0 spiro atoms. The second kappa shape index (κ2) is 8.77. The third-order valence-corrected chi connectivity index (χ3v) is 7.40. The first kappa shape index (κ1) is 20.2. The van der Waals surface area contributed by atoms with E-state index in [1.165, 1.54) is 22.6 Å². The van der Waals surface area contributed by atoms with Crippen LogP contribution in [0.25, 0.3) is 6.08 Å². The van der Waals surface area contributed by atoms with E-state index in [4.69, 9.17) is 9.84 Å². The zero-order valence-electron chi connectivity index (χ0n) is 16.7. The molecule has 7 heteroatoms. The van der Waals surface area contributed by atoms with Gasteiger partial charge in [0, 0.05) is 15.7 Å². The molecule has 158 valence electrons. The molecule has 0 unspecified atom stereocenters. The molecule has 2 aromatic heterocycles. The number of amides is 1. The standard InChI is InChI=1S/C24H21FN2O2S2/c25-19-9-1-2-10-20(19)29-15-22(28)27-24(21-11-5-13-31-21)18-8-3-6-16(23(18)26-27)14-17-7-4-12-30-17/h1-2,4-5,7,9-14,18,24H,3,6,8,15H2/b16-14-/t18-,24-/m0/s1. The summed E-state index contributed by atoms with van der Waals surface area (Å²) in [4.78, 5) is 15.5. The Balaban J connectivity index is 1.44. The first-order chi connectivity index (χ1) is 15.2. The van der Waals surface area contributed by atoms with E-state index in [0.717, 1.165) is 29.9 Å². The zero-order valence-corrected chi connectivity index (χ0v) is 18.4. The molecule has 1 aliphatic heterocycles. The molecule has 3 heterocycles. The number of allylic oxidation sites excluding steroid dienone is 1. The van der Waals surface area contributed by atoms with Crippen LogP contribution in [0.1, 0.15) is 35.1 Å². The van der Waals surface area contributed by atoms with Crippen LogP contribution in [0.2, 0.25) is 0 Å². The zero-order chi connectivity index (χ0) is 21.2. The van der Waals surface area contributed by atoms with Gasteiger partial charge in [-0.15, -0.1) is 22.7 Å². The molecule has 1 amide bonds. The maximum Gasteiger partial charge on any atom is 0.281 e. The summed E-state index contributed by atoms with van der Waals surface area (Å²) in [5, 5.41) is 10.5. The van der Waals surface area contributed by atoms with E-state index in [1.807, 2.05) is 17.5 Å². The van der Waals surface area contributed by atoms with Gasteiger partial charge >= 0.3 is 0 Å². The predicted octanol–water partition coefficient (Wildman–Crippen LogP) is 6.15. The topological polar surface area (TPSA) is 41.9 Å². The number of hydrazone groups is 1. The Morgan fingerprint density at radius 2 is 2.00 bits per heavy atom. The average molecular weight is 453 g/mol. The van der Waals surface area contributed by atoms with Gasteiger partial charge in [0.2, 0.25) is 0 Å². The van der Waals surface area contributed by atoms with Crippen LogP contribution in [0.15, 0.2) is 70.0 Å². The maximum absolute atomic E-state index is 13.9. The van der Waals surface area contributed by atoms with Crippen LogP contribution in [-0.2, 0) is 4.79 Å². The smallest absolute Gasteiger partial charge is 0.281 e. The van der Waals surface area contributed by atoms with Gasteiger partial charge in [0.1, 0.15) is 0 Å². The minimum atomic E-state index is -0.479. The molecule has 0 radical (unpaired) electrons. The lowest BCUT2D eigenvalue weighted by atomic mass is 9.79. The highest BCUT2D eigenvalue weighted by Crippen LogP contribution is 2.45. The van der Waals surface area contributed by atoms with Crippen molar-refractivity contribution >= 4 is 40.4 Å². The third kappa shape index (κ3) is 4.07. The summed E-state index contributed by atoms with van der Waals surface area (Å²) in [5.41, 5.74) is 2.20. The van der Waals surface area contributed by atoms with E-state index in [0.29, 0.717) is 0 Å². The molecule has 1 aromatic carbocycles. The van der Waals surface area contributed by atoms with Crippen molar-refractivity contribution in [3.63, 3.8) is 0 Å². The van der Waals surface area contributed by atoms with Gasteiger partial charge < -0.3 is 4.74 Å². The number of hydrogen-bond donors (Lipinski definition) is 0. The van der Waals surface area contributed by atoms with Crippen molar-refractivity contribution in [3.05, 3.63) is 80.4 Å². The monoisotopic (exact) mass is 452 g/mol. The number of benzene rings is 1. The average Bonchev–Trinajstić information content (AvgIpc) is 3.53. The van der Waals surface area contributed by atoms with Crippen LogP contribution in [0.5, 0.6) is 5.75 Å². The second-order valence-electron chi connectivity index (χ2n) is 7.59. The SMILES string of the molecule is O=C(COc1ccccc1F)N1N=C2/C(=C\c3cccs3)CCC[C@@H]2[C@H]1c1cccs1. The fourth-order valence-electron chi connectivity index (χ4n) is 4.26. The number of thiophene rings is 2. The highest BCUT2D eigenvalue weighted by Gasteiger charge is 2.44. The van der Waals surface area contributed by atoms with E-state index in [9.17, 15) is 9.18 Å². The molecule has 5 rings (SSSR count). The van der Waals surface area contributed by atoms with Crippen LogP contribution < -0.4 is 4.74 Å². The number of hydrogen-bond acceptors (Lipinski definition) is 5. The number of nitrogens with zero attached hydrogens (tertiary/aromatic N) is 2. The van der Waals surface area contributed by atoms with Gasteiger partial charge in [-0.1, -0.05) is 24.3 Å². The van der Waals surface area contributed by atoms with Crippen molar-refractivity contribution in [2.45, 2.75) is 25.3 Å². The first-order valence-electron chi connectivity index (χ1n) is 10.3. The van der Waals surface area contributed by atoms with Crippen LogP contribution in [-0.4, -0.2) is 23.2 Å². The quantitative estimate of drug-likeness (QED) is 0.466. The number of rotatable bonds is 5. The van der Waals surface area contributed by atoms with E-state index >= 15 is 0 Å². The van der Waals surface area contributed by atoms with E-state index < -0.39 is 5.82 Å². The van der Waals surface area contributed by atoms with Crippen molar-refractivity contribution in [2.24, 2.45) is 11.0 Å². The van der Waals surface area contributed by atoms with Gasteiger partial charge in [0.25, 0.3) is 5.91 Å². The van der Waals surface area contributed by atoms with Crippen molar-refractivity contribution in [1.82, 2.24) is 5.01 Å². The highest BCUT2D eigenvalue weighted by molar-refractivity contribution is 7.11. The van der Waals surface area contributed by atoms with Crippen molar-refractivity contribution in [2.75, 3.05) is 6.61 Å². The van der Waals surface area contributed by atoms with Crippen LogP contribution in [0.3, 0.4) is 0 Å². The van der Waals surface area contributed by atoms with Gasteiger partial charge in [-0.05, 0) is 65.9 Å². The maximum atomic E-state index is 13.9. The van der Waals surface area contributed by atoms with Gasteiger partial charge in [0.05, 0.1) is 11.8 Å². The molecular formula is C24H21FN2O2S2. The molecule has 0 saturated heterocycles. The second-order valence-corrected chi connectivity index (χ2v) is 9.55. The normalized spacial score (nSPS) is 21.8. The van der Waals surface area contributed by atoms with Gasteiger partial charge in [-0.3, -0.25) is 4.79 Å². The molecule has 0 bridgehead atoms. The van der Waals surface area contributed by atoms with E-state index in [2.05, 4.69) is 23.6 Å². The van der Waals surface area contributed by atoms with E-state index in [-0.39, 0.29) is 30.2 Å². The molecule has 1 aliphatic carbocycles. The Morgan fingerprint density at radius 3 is 2.77 bits per heavy atom. The van der Waals surface area contributed by atoms with Crippen LogP contribution >= 0.6 is 22.7 Å². The first-order valence-corrected chi connectivity index (χ1v) is 12.0. The van der Waals surface area contributed by atoms with Crippen molar-refractivity contribution in [3.8, 4) is 5.75 Å². The summed E-state index contributed by atoms with van der Waals surface area (Å²) in [6.07, 6.45) is 5.21. The molecule has 1 fully saturated rings. The molecular weight excluding hydrogens is 431 g/mol. The summed E-state index contributed by atoms with van der Waals surface area (Å²) in [6.45, 7) is -0.254. The number of ether oxygens (including phenoxy) is 1. The number of halogens is 1. The fraction of sp³-hybridized carbons (Fsp3) is 0.250. The molecule has 31 heavy (non-hydrogen) atoms. The van der Waals surface area contributed by atoms with Gasteiger partial charge in [-0.25, -0.2) is 9.40 Å². The number of carbonyl (C=O) groups is 1. The molecule has 3 aromatic rings. The Kier molecular flexibility index (Phi) is 5.70. The Labute approximate surface area is 188 Å². The van der Waals surface area contributed by atoms with Gasteiger partial charge in [0.15, 0.2) is 18.2 Å². The number of fused-ring (bicyclic) bond motifs is 1. The molecule has 0 N–H and O–H groups in total. The minimum Gasteiger partial charge on any atom is -0.481 e. The molecule has 4 nitrogen and oxygen atoms in total. The fourth-order valence-corrected chi connectivity index (χ4v) is 5.81. The summed E-state index contributed by atoms with van der Waals surface area (Å²) < 4.78 is 19.4. The third-order valence-electron chi connectivity index (χ3n) is 5.64. The lowest BCUT2D eigenvalue weighted by molar-refractivity contribution is -0.135. The largest absolute Gasteiger partial charge is 0.481 e. The summed E-state index contributed by atoms with van der Waals surface area (Å²) >= 11 is 3.33. The lowest BCUT2D eigenvalue weighted by Crippen LogP contribution is -2.34. The summed E-state index contributed by atoms with van der Waals surface area (Å²) in [7, 11) is 0. The molecule has 2 atom stereocenters. The van der Waals surface area contributed by atoms with Crippen molar-refractivity contribution < 1.29 is 13.9 Å². The van der Waals surface area contributed by atoms with Crippen LogP contribution in [0, 0.1) is 11.7 Å². The molecule has 1 saturated carbocycles. The lowest BCUT2D eigenvalue weighted by Gasteiger charge is -2.28. The number of para-hydroxylation sites is 1. The van der Waals surface area contributed by atoms with E-state index in [1.54, 1.807) is 39.8 Å². The van der Waals surface area contributed by atoms with Crippen LogP contribution in [0.4, 0.5) is 4.39 Å². The van der Waals surface area contributed by atoms with Gasteiger partial charge in [-0.2, -0.15) is 5.10 Å². The number of carbonyl (C=O) groups excluding carboxylic acids is 1. The highest BCUT2D eigenvalue weighted by atomic mass is 32.1.